The summed E-state index contributed by atoms with van der Waals surface area (Å²) in [6.45, 7) is 0. The number of hydrogen-bond donors (Lipinski definition) is 1. The van der Waals surface area contributed by atoms with Gasteiger partial charge < -0.3 is 5.73 Å². The summed E-state index contributed by atoms with van der Waals surface area (Å²) in [4.78, 5) is 30.7. The van der Waals surface area contributed by atoms with Gasteiger partial charge in [-0.15, -0.1) is 0 Å². The molecule has 0 bridgehead atoms. The van der Waals surface area contributed by atoms with Crippen molar-refractivity contribution < 1.29 is 9.59 Å². The van der Waals surface area contributed by atoms with Gasteiger partial charge in [-0.2, -0.15) is 0 Å². The third-order valence-electron chi connectivity index (χ3n) is 4.58. The first-order valence-electron chi connectivity index (χ1n) is 8.16. The molecule has 25 heavy (non-hydrogen) atoms. The zero-order valence-corrected chi connectivity index (χ0v) is 13.6. The van der Waals surface area contributed by atoms with Crippen LogP contribution in [-0.4, -0.2) is 22.8 Å². The molecule has 2 aromatic carbocycles. The second kappa shape index (κ2) is 6.02. The summed E-state index contributed by atoms with van der Waals surface area (Å²) in [6.07, 6.45) is 2.35. The first-order chi connectivity index (χ1) is 12.1. The van der Waals surface area contributed by atoms with E-state index in [4.69, 9.17) is 5.73 Å². The van der Waals surface area contributed by atoms with E-state index in [-0.39, 0.29) is 12.3 Å². The van der Waals surface area contributed by atoms with Crippen molar-refractivity contribution in [3.05, 3.63) is 71.9 Å². The van der Waals surface area contributed by atoms with Gasteiger partial charge >= 0.3 is 0 Å². The van der Waals surface area contributed by atoms with Gasteiger partial charge in [0.25, 0.3) is 0 Å². The fourth-order valence-corrected chi connectivity index (χ4v) is 3.40. The van der Waals surface area contributed by atoms with E-state index in [9.17, 15) is 9.59 Å². The van der Waals surface area contributed by atoms with Crippen molar-refractivity contribution in [1.29, 1.82) is 0 Å². The van der Waals surface area contributed by atoms with Crippen molar-refractivity contribution >= 4 is 28.4 Å². The highest BCUT2D eigenvalue weighted by Gasteiger charge is 2.36. The number of aromatic nitrogens is 1. The normalized spacial score (nSPS) is 16.0. The summed E-state index contributed by atoms with van der Waals surface area (Å²) < 4.78 is 0. The van der Waals surface area contributed by atoms with E-state index in [1.165, 1.54) is 4.90 Å². The molecule has 1 aliphatic heterocycles. The van der Waals surface area contributed by atoms with Crippen LogP contribution < -0.4 is 10.6 Å². The first kappa shape index (κ1) is 15.3. The van der Waals surface area contributed by atoms with E-state index >= 15 is 0 Å². The molecule has 0 radical (unpaired) electrons. The second-order valence-corrected chi connectivity index (χ2v) is 6.23. The SMILES string of the molecule is NC(=O)[C@@H]1Cc2ccccc2N1C(=O)Cc1cnc2ccccc2c1. The lowest BCUT2D eigenvalue weighted by Gasteiger charge is -2.23. The average Bonchev–Trinajstić information content (AvgIpc) is 3.01. The Labute approximate surface area is 145 Å². The Hall–Kier alpha value is -3.21. The van der Waals surface area contributed by atoms with Gasteiger partial charge in [-0.05, 0) is 29.3 Å². The Morgan fingerprint density at radius 3 is 2.72 bits per heavy atom. The van der Waals surface area contributed by atoms with Gasteiger partial charge in [0, 0.05) is 23.7 Å². The van der Waals surface area contributed by atoms with Gasteiger partial charge in [0.05, 0.1) is 11.9 Å². The summed E-state index contributed by atoms with van der Waals surface area (Å²) in [6, 6.07) is 16.6. The molecule has 0 unspecified atom stereocenters. The number of carbonyl (C=O) groups excluding carboxylic acids is 2. The third kappa shape index (κ3) is 2.74. The Morgan fingerprint density at radius 1 is 1.12 bits per heavy atom. The number of amides is 2. The molecule has 0 saturated carbocycles. The number of carbonyl (C=O) groups is 2. The molecule has 5 heteroatoms. The van der Waals surface area contributed by atoms with Crippen molar-refractivity contribution in [3.8, 4) is 0 Å². The Bertz CT molecular complexity index is 983. The molecule has 0 aliphatic carbocycles. The minimum absolute atomic E-state index is 0.147. The Balaban J connectivity index is 1.65. The van der Waals surface area contributed by atoms with E-state index in [2.05, 4.69) is 4.98 Å². The molecule has 124 valence electrons. The van der Waals surface area contributed by atoms with Gasteiger partial charge in [-0.3, -0.25) is 19.5 Å². The number of primary amides is 1. The molecule has 0 spiro atoms. The molecular weight excluding hydrogens is 314 g/mol. The molecule has 0 saturated heterocycles. The number of fused-ring (bicyclic) bond motifs is 2. The van der Waals surface area contributed by atoms with Crippen LogP contribution in [0.5, 0.6) is 0 Å². The lowest BCUT2D eigenvalue weighted by atomic mass is 10.1. The number of anilines is 1. The molecule has 1 aliphatic rings. The molecule has 4 rings (SSSR count). The predicted molar refractivity (Wildman–Crippen MR) is 96.1 cm³/mol. The van der Waals surface area contributed by atoms with E-state index < -0.39 is 11.9 Å². The highest BCUT2D eigenvalue weighted by molar-refractivity contribution is 6.04. The lowest BCUT2D eigenvalue weighted by Crippen LogP contribution is -2.46. The van der Waals surface area contributed by atoms with E-state index in [1.54, 1.807) is 6.20 Å². The van der Waals surface area contributed by atoms with Crippen LogP contribution >= 0.6 is 0 Å². The molecule has 1 atom stereocenters. The van der Waals surface area contributed by atoms with Crippen LogP contribution in [0.2, 0.25) is 0 Å². The van der Waals surface area contributed by atoms with Crippen molar-refractivity contribution in [2.24, 2.45) is 5.73 Å². The van der Waals surface area contributed by atoms with Crippen molar-refractivity contribution in [1.82, 2.24) is 4.98 Å². The van der Waals surface area contributed by atoms with Crippen molar-refractivity contribution in [2.75, 3.05) is 4.90 Å². The van der Waals surface area contributed by atoms with Crippen LogP contribution in [0.1, 0.15) is 11.1 Å². The standard InChI is InChI=1S/C20H17N3O2/c21-20(25)18-11-15-6-2-4-8-17(15)23(18)19(24)10-13-9-14-5-1-3-7-16(14)22-12-13/h1-9,12,18H,10-11H2,(H2,21,25)/t18-/m0/s1. The molecule has 2 N–H and O–H groups in total. The molecule has 1 aromatic heterocycles. The second-order valence-electron chi connectivity index (χ2n) is 6.23. The molecule has 0 fully saturated rings. The zero-order chi connectivity index (χ0) is 17.4. The quantitative estimate of drug-likeness (QED) is 0.799. The zero-order valence-electron chi connectivity index (χ0n) is 13.6. The van der Waals surface area contributed by atoms with Gasteiger partial charge in [0.1, 0.15) is 6.04 Å². The predicted octanol–water partition coefficient (Wildman–Crippen LogP) is 2.22. The highest BCUT2D eigenvalue weighted by Crippen LogP contribution is 2.32. The van der Waals surface area contributed by atoms with Crippen LogP contribution in [0.4, 0.5) is 5.69 Å². The third-order valence-corrected chi connectivity index (χ3v) is 4.58. The Morgan fingerprint density at radius 2 is 1.88 bits per heavy atom. The summed E-state index contributed by atoms with van der Waals surface area (Å²) in [5.41, 5.74) is 8.97. The van der Waals surface area contributed by atoms with Crippen LogP contribution in [0, 0.1) is 0 Å². The van der Waals surface area contributed by atoms with Crippen molar-refractivity contribution in [2.45, 2.75) is 18.9 Å². The lowest BCUT2D eigenvalue weighted by molar-refractivity contribution is -0.124. The molecular formula is C20H17N3O2. The van der Waals surface area contributed by atoms with E-state index in [0.717, 1.165) is 27.7 Å². The number of benzene rings is 2. The largest absolute Gasteiger partial charge is 0.368 e. The Kier molecular flexibility index (Phi) is 3.69. The first-order valence-corrected chi connectivity index (χ1v) is 8.16. The number of nitrogens with two attached hydrogens (primary N) is 1. The molecule has 2 amide bonds. The number of pyridine rings is 1. The van der Waals surface area contributed by atoms with Crippen LogP contribution in [0.25, 0.3) is 10.9 Å². The van der Waals surface area contributed by atoms with E-state index in [0.29, 0.717) is 6.42 Å². The summed E-state index contributed by atoms with van der Waals surface area (Å²) >= 11 is 0. The number of hydrogen-bond acceptors (Lipinski definition) is 3. The van der Waals surface area contributed by atoms with Crippen LogP contribution in [-0.2, 0) is 22.4 Å². The topological polar surface area (TPSA) is 76.3 Å². The minimum Gasteiger partial charge on any atom is -0.368 e. The maximum atomic E-state index is 12.9. The minimum atomic E-state index is -0.627. The molecule has 3 aromatic rings. The summed E-state index contributed by atoms with van der Waals surface area (Å²) in [5.74, 6) is -0.632. The van der Waals surface area contributed by atoms with Crippen LogP contribution in [0.15, 0.2) is 60.8 Å². The van der Waals surface area contributed by atoms with Gasteiger partial charge in [-0.1, -0.05) is 36.4 Å². The molecule has 2 heterocycles. The summed E-state index contributed by atoms with van der Waals surface area (Å²) in [7, 11) is 0. The monoisotopic (exact) mass is 331 g/mol. The summed E-state index contributed by atoms with van der Waals surface area (Å²) in [5, 5.41) is 0.987. The highest BCUT2D eigenvalue weighted by atomic mass is 16.2. The fourth-order valence-electron chi connectivity index (χ4n) is 3.40. The maximum Gasteiger partial charge on any atom is 0.240 e. The van der Waals surface area contributed by atoms with Gasteiger partial charge in [0.2, 0.25) is 11.8 Å². The van der Waals surface area contributed by atoms with Gasteiger partial charge in [-0.25, -0.2) is 0 Å². The number of nitrogens with zero attached hydrogens (tertiary/aromatic N) is 2. The fraction of sp³-hybridized carbons (Fsp3) is 0.150. The number of rotatable bonds is 3. The number of para-hydroxylation sites is 2. The van der Waals surface area contributed by atoms with Crippen LogP contribution in [0.3, 0.4) is 0 Å². The smallest absolute Gasteiger partial charge is 0.240 e. The average molecular weight is 331 g/mol. The van der Waals surface area contributed by atoms with Crippen molar-refractivity contribution in [3.63, 3.8) is 0 Å². The van der Waals surface area contributed by atoms with E-state index in [1.807, 2.05) is 54.6 Å². The maximum absolute atomic E-state index is 12.9. The van der Waals surface area contributed by atoms with Gasteiger partial charge in [0.15, 0.2) is 0 Å². The molecule has 5 nitrogen and oxygen atoms in total.